The van der Waals surface area contributed by atoms with Crippen molar-refractivity contribution in [1.82, 2.24) is 0 Å². The minimum absolute atomic E-state index is 0.222. The van der Waals surface area contributed by atoms with Gasteiger partial charge in [-0.3, -0.25) is 4.79 Å². The van der Waals surface area contributed by atoms with E-state index in [0.29, 0.717) is 6.61 Å². The Kier molecular flexibility index (Phi) is 4.68. The monoisotopic (exact) mass is 207 g/mol. The highest BCUT2D eigenvalue weighted by Gasteiger charge is 2.00. The topological polar surface area (TPSA) is 38.3 Å². The molecule has 0 aromatic heterocycles. The lowest BCUT2D eigenvalue weighted by Crippen LogP contribution is -2.16. The number of carbonyl (C=O) groups excluding carboxylic acids is 1. The molecule has 1 aromatic carbocycles. The quantitative estimate of drug-likeness (QED) is 0.752. The van der Waals surface area contributed by atoms with E-state index in [4.69, 9.17) is 4.74 Å². The normalized spacial score (nSPS) is 9.73. The first kappa shape index (κ1) is 11.6. The van der Waals surface area contributed by atoms with E-state index in [9.17, 15) is 4.79 Å². The van der Waals surface area contributed by atoms with Crippen molar-refractivity contribution in [2.24, 2.45) is 0 Å². The second kappa shape index (κ2) is 6.06. The third kappa shape index (κ3) is 4.02. The first-order valence-electron chi connectivity index (χ1n) is 5.24. The molecule has 3 heteroatoms. The first-order chi connectivity index (χ1) is 7.26. The zero-order valence-electron chi connectivity index (χ0n) is 9.25. The molecule has 1 N–H and O–H groups in total. The van der Waals surface area contributed by atoms with E-state index in [1.165, 1.54) is 5.56 Å². The second-order valence-electron chi connectivity index (χ2n) is 3.21. The number of aryl methyl sites for hydroxylation is 1. The Balaban J connectivity index is 2.40. The predicted octanol–water partition coefficient (Wildman–Crippen LogP) is 2.22. The molecule has 0 saturated heterocycles. The molecule has 82 valence electrons. The Labute approximate surface area is 90.4 Å². The van der Waals surface area contributed by atoms with Gasteiger partial charge in [0.1, 0.15) is 6.54 Å². The van der Waals surface area contributed by atoms with Crippen molar-refractivity contribution in [2.75, 3.05) is 18.5 Å². The number of esters is 1. The highest BCUT2D eigenvalue weighted by molar-refractivity contribution is 5.74. The number of ether oxygens (including phenoxy) is 1. The van der Waals surface area contributed by atoms with Crippen LogP contribution in [-0.2, 0) is 16.0 Å². The van der Waals surface area contributed by atoms with Crippen molar-refractivity contribution in [1.29, 1.82) is 0 Å². The fourth-order valence-electron chi connectivity index (χ4n) is 1.24. The van der Waals surface area contributed by atoms with Gasteiger partial charge in [-0.15, -0.1) is 0 Å². The summed E-state index contributed by atoms with van der Waals surface area (Å²) in [5, 5.41) is 3.01. The van der Waals surface area contributed by atoms with Gasteiger partial charge in [0.2, 0.25) is 0 Å². The number of hydrogen-bond donors (Lipinski definition) is 1. The first-order valence-corrected chi connectivity index (χ1v) is 5.24. The van der Waals surface area contributed by atoms with Gasteiger partial charge in [-0.25, -0.2) is 0 Å². The molecule has 0 atom stereocenters. The molecule has 0 spiro atoms. The van der Waals surface area contributed by atoms with Crippen LogP contribution in [0, 0.1) is 0 Å². The van der Waals surface area contributed by atoms with E-state index in [0.717, 1.165) is 12.1 Å². The van der Waals surface area contributed by atoms with Crippen LogP contribution in [-0.4, -0.2) is 19.1 Å². The number of carbonyl (C=O) groups is 1. The molecule has 3 nitrogen and oxygen atoms in total. The molecule has 1 rings (SSSR count). The Bertz CT molecular complexity index is 306. The molecule has 15 heavy (non-hydrogen) atoms. The van der Waals surface area contributed by atoms with E-state index in [-0.39, 0.29) is 12.5 Å². The molecular formula is C12H17NO2. The van der Waals surface area contributed by atoms with Crippen LogP contribution >= 0.6 is 0 Å². The van der Waals surface area contributed by atoms with Gasteiger partial charge in [0.15, 0.2) is 0 Å². The van der Waals surface area contributed by atoms with Gasteiger partial charge in [0, 0.05) is 5.69 Å². The number of hydrogen-bond acceptors (Lipinski definition) is 3. The van der Waals surface area contributed by atoms with Gasteiger partial charge in [0.05, 0.1) is 6.61 Å². The maximum atomic E-state index is 11.1. The Morgan fingerprint density at radius 3 is 2.47 bits per heavy atom. The van der Waals surface area contributed by atoms with Crippen molar-refractivity contribution in [3.05, 3.63) is 29.8 Å². The molecule has 0 aliphatic carbocycles. The molecule has 0 fully saturated rings. The minimum Gasteiger partial charge on any atom is -0.465 e. The third-order valence-electron chi connectivity index (χ3n) is 2.10. The lowest BCUT2D eigenvalue weighted by Gasteiger charge is -2.06. The Hall–Kier alpha value is -1.51. The van der Waals surface area contributed by atoms with Crippen molar-refractivity contribution >= 4 is 11.7 Å². The summed E-state index contributed by atoms with van der Waals surface area (Å²) in [6.45, 7) is 4.56. The summed E-state index contributed by atoms with van der Waals surface area (Å²) in [7, 11) is 0. The van der Waals surface area contributed by atoms with Gasteiger partial charge >= 0.3 is 5.97 Å². The van der Waals surface area contributed by atoms with Crippen LogP contribution in [0.5, 0.6) is 0 Å². The summed E-state index contributed by atoms with van der Waals surface area (Å²) in [5.41, 5.74) is 2.23. The van der Waals surface area contributed by atoms with E-state index in [1.54, 1.807) is 6.92 Å². The third-order valence-corrected chi connectivity index (χ3v) is 2.10. The minimum atomic E-state index is -0.225. The van der Waals surface area contributed by atoms with Gasteiger partial charge in [-0.2, -0.15) is 0 Å². The van der Waals surface area contributed by atoms with Crippen molar-refractivity contribution < 1.29 is 9.53 Å². The number of nitrogens with one attached hydrogen (secondary N) is 1. The number of benzene rings is 1. The van der Waals surface area contributed by atoms with Crippen LogP contribution < -0.4 is 5.32 Å². The Morgan fingerprint density at radius 1 is 1.27 bits per heavy atom. The molecule has 1 aromatic rings. The maximum Gasteiger partial charge on any atom is 0.325 e. The second-order valence-corrected chi connectivity index (χ2v) is 3.21. The molecule has 0 aliphatic rings. The summed E-state index contributed by atoms with van der Waals surface area (Å²) in [5.74, 6) is -0.225. The van der Waals surface area contributed by atoms with Crippen LogP contribution in [0.15, 0.2) is 24.3 Å². The largest absolute Gasteiger partial charge is 0.465 e. The zero-order valence-corrected chi connectivity index (χ0v) is 9.25. The maximum absolute atomic E-state index is 11.1. The summed E-state index contributed by atoms with van der Waals surface area (Å²) in [6, 6.07) is 8.04. The predicted molar refractivity (Wildman–Crippen MR) is 60.9 cm³/mol. The highest BCUT2D eigenvalue weighted by Crippen LogP contribution is 2.09. The fraction of sp³-hybridized carbons (Fsp3) is 0.417. The molecular weight excluding hydrogens is 190 g/mol. The SMILES string of the molecule is CCOC(=O)CNc1ccc(CC)cc1. The van der Waals surface area contributed by atoms with Crippen LogP contribution in [0.25, 0.3) is 0 Å². The summed E-state index contributed by atoms with van der Waals surface area (Å²) < 4.78 is 4.81. The highest BCUT2D eigenvalue weighted by atomic mass is 16.5. The van der Waals surface area contributed by atoms with Crippen LogP contribution in [0.2, 0.25) is 0 Å². The number of rotatable bonds is 5. The van der Waals surface area contributed by atoms with Gasteiger partial charge < -0.3 is 10.1 Å². The summed E-state index contributed by atoms with van der Waals surface area (Å²) in [4.78, 5) is 11.1. The van der Waals surface area contributed by atoms with Crippen LogP contribution in [0.4, 0.5) is 5.69 Å². The molecule has 0 radical (unpaired) electrons. The smallest absolute Gasteiger partial charge is 0.325 e. The van der Waals surface area contributed by atoms with Crippen LogP contribution in [0.3, 0.4) is 0 Å². The lowest BCUT2D eigenvalue weighted by molar-refractivity contribution is -0.140. The number of anilines is 1. The molecule has 0 heterocycles. The van der Waals surface area contributed by atoms with Gasteiger partial charge in [0.25, 0.3) is 0 Å². The van der Waals surface area contributed by atoms with Crippen molar-refractivity contribution in [3.8, 4) is 0 Å². The van der Waals surface area contributed by atoms with Crippen molar-refractivity contribution in [2.45, 2.75) is 20.3 Å². The molecule has 0 amide bonds. The average molecular weight is 207 g/mol. The molecule has 0 saturated carbocycles. The van der Waals surface area contributed by atoms with E-state index >= 15 is 0 Å². The van der Waals surface area contributed by atoms with Crippen LogP contribution in [0.1, 0.15) is 19.4 Å². The Morgan fingerprint density at radius 2 is 1.93 bits per heavy atom. The van der Waals surface area contributed by atoms with E-state index in [1.807, 2.05) is 24.3 Å². The molecule has 0 bridgehead atoms. The standard InChI is InChI=1S/C12H17NO2/c1-3-10-5-7-11(8-6-10)13-9-12(14)15-4-2/h5-8,13H,3-4,9H2,1-2H3. The zero-order chi connectivity index (χ0) is 11.1. The summed E-state index contributed by atoms with van der Waals surface area (Å²) in [6.07, 6.45) is 1.03. The lowest BCUT2D eigenvalue weighted by atomic mass is 10.1. The molecule has 0 aliphatic heterocycles. The molecule has 0 unspecified atom stereocenters. The van der Waals surface area contributed by atoms with Gasteiger partial charge in [-0.05, 0) is 31.0 Å². The van der Waals surface area contributed by atoms with Crippen molar-refractivity contribution in [3.63, 3.8) is 0 Å². The average Bonchev–Trinajstić information content (AvgIpc) is 2.27. The fourth-order valence-corrected chi connectivity index (χ4v) is 1.24. The van der Waals surface area contributed by atoms with E-state index in [2.05, 4.69) is 12.2 Å². The van der Waals surface area contributed by atoms with Gasteiger partial charge in [-0.1, -0.05) is 19.1 Å². The summed E-state index contributed by atoms with van der Waals surface area (Å²) >= 11 is 0. The van der Waals surface area contributed by atoms with E-state index < -0.39 is 0 Å².